The third kappa shape index (κ3) is 3.36. The normalized spacial score (nSPS) is 12.0. The fourth-order valence-electron chi connectivity index (χ4n) is 1.89. The second-order valence-electron chi connectivity index (χ2n) is 4.77. The maximum atomic E-state index is 11.9. The van der Waals surface area contributed by atoms with Crippen molar-refractivity contribution in [3.8, 4) is 6.07 Å². The molecular formula is C14H22N4O. The number of likely N-dealkylation sites (N-methyl/N-ethyl adjacent to an activating group) is 1. The number of carbonyl (C=O) groups excluding carboxylic acids is 1. The van der Waals surface area contributed by atoms with Gasteiger partial charge in [0.1, 0.15) is 11.8 Å². The Balaban J connectivity index is 2.68. The number of rotatable bonds is 5. The highest BCUT2D eigenvalue weighted by atomic mass is 16.2. The Morgan fingerprint density at radius 1 is 1.63 bits per heavy atom. The van der Waals surface area contributed by atoms with Gasteiger partial charge >= 0.3 is 0 Å². The number of nitrogens with one attached hydrogen (secondary N) is 1. The Hall–Kier alpha value is -1.80. The molecule has 5 heteroatoms. The number of aromatic nitrogens is 1. The topological polar surface area (TPSA) is 61.1 Å². The lowest BCUT2D eigenvalue weighted by Gasteiger charge is -2.20. The molecule has 0 radical (unpaired) electrons. The number of nitriles is 1. The van der Waals surface area contributed by atoms with E-state index in [1.807, 2.05) is 38.5 Å². The molecule has 1 atom stereocenters. The summed E-state index contributed by atoms with van der Waals surface area (Å²) in [6.45, 7) is 7.07. The maximum absolute atomic E-state index is 11.9. The zero-order chi connectivity index (χ0) is 14.6. The number of carbonyl (C=O) groups is 1. The molecule has 0 aromatic carbocycles. The van der Waals surface area contributed by atoms with Crippen molar-refractivity contribution in [3.63, 3.8) is 0 Å². The summed E-state index contributed by atoms with van der Waals surface area (Å²) >= 11 is 0. The maximum Gasteiger partial charge on any atom is 0.239 e. The minimum absolute atomic E-state index is 0.0802. The van der Waals surface area contributed by atoms with Crippen molar-refractivity contribution in [2.45, 2.75) is 33.4 Å². The van der Waals surface area contributed by atoms with Crippen LogP contribution >= 0.6 is 0 Å². The first-order valence-electron chi connectivity index (χ1n) is 6.46. The number of hydrogen-bond acceptors (Lipinski definition) is 3. The minimum atomic E-state index is -0.227. The first kappa shape index (κ1) is 15.3. The number of nitrogens with zero attached hydrogens (tertiary/aromatic N) is 3. The van der Waals surface area contributed by atoms with E-state index in [1.165, 1.54) is 0 Å². The lowest BCUT2D eigenvalue weighted by atomic mass is 10.2. The molecule has 0 saturated carbocycles. The average molecular weight is 262 g/mol. The summed E-state index contributed by atoms with van der Waals surface area (Å²) in [5, 5.41) is 12.2. The average Bonchev–Trinajstić information content (AvgIpc) is 2.70. The van der Waals surface area contributed by atoms with Crippen LogP contribution < -0.4 is 5.32 Å². The van der Waals surface area contributed by atoms with Gasteiger partial charge in [-0.05, 0) is 32.4 Å². The van der Waals surface area contributed by atoms with Gasteiger partial charge in [0.15, 0.2) is 0 Å². The van der Waals surface area contributed by atoms with Gasteiger partial charge in [0.2, 0.25) is 5.91 Å². The van der Waals surface area contributed by atoms with Crippen molar-refractivity contribution < 1.29 is 4.79 Å². The predicted molar refractivity (Wildman–Crippen MR) is 74.5 cm³/mol. The highest BCUT2D eigenvalue weighted by Gasteiger charge is 2.16. The summed E-state index contributed by atoms with van der Waals surface area (Å²) in [4.78, 5) is 13.6. The number of hydrogen-bond donors (Lipinski definition) is 1. The SMILES string of the molecule is CCN(C)C(=O)C(C)NCc1cc(C#N)n(C)c1C. The second kappa shape index (κ2) is 6.39. The van der Waals surface area contributed by atoms with E-state index < -0.39 is 0 Å². The van der Waals surface area contributed by atoms with Crippen molar-refractivity contribution in [2.75, 3.05) is 13.6 Å². The molecule has 1 amide bonds. The monoisotopic (exact) mass is 262 g/mol. The predicted octanol–water partition coefficient (Wildman–Crippen LogP) is 1.16. The summed E-state index contributed by atoms with van der Waals surface area (Å²) in [5.74, 6) is 0.0802. The van der Waals surface area contributed by atoms with E-state index in [0.29, 0.717) is 18.8 Å². The first-order valence-corrected chi connectivity index (χ1v) is 6.46. The molecule has 104 valence electrons. The third-order valence-corrected chi connectivity index (χ3v) is 3.57. The lowest BCUT2D eigenvalue weighted by Crippen LogP contribution is -2.42. The van der Waals surface area contributed by atoms with Gasteiger partial charge < -0.3 is 14.8 Å². The van der Waals surface area contributed by atoms with Gasteiger partial charge in [-0.3, -0.25) is 4.79 Å². The smallest absolute Gasteiger partial charge is 0.239 e. The standard InChI is InChI=1S/C14H22N4O/c1-6-17(4)14(19)10(2)16-9-12-7-13(8-15)18(5)11(12)3/h7,10,16H,6,9H2,1-5H3. The Morgan fingerprint density at radius 2 is 2.26 bits per heavy atom. The number of amides is 1. The minimum Gasteiger partial charge on any atom is -0.345 e. The molecule has 0 aliphatic heterocycles. The molecule has 1 N–H and O–H groups in total. The van der Waals surface area contributed by atoms with E-state index in [1.54, 1.807) is 11.9 Å². The van der Waals surface area contributed by atoms with E-state index >= 15 is 0 Å². The first-order chi connectivity index (χ1) is 8.92. The van der Waals surface area contributed by atoms with Crippen LogP contribution in [0, 0.1) is 18.3 Å². The van der Waals surface area contributed by atoms with E-state index in [0.717, 1.165) is 11.3 Å². The van der Waals surface area contributed by atoms with Crippen molar-refractivity contribution >= 4 is 5.91 Å². The summed E-state index contributed by atoms with van der Waals surface area (Å²) < 4.78 is 1.86. The molecule has 0 spiro atoms. The molecule has 0 aliphatic carbocycles. The van der Waals surface area contributed by atoms with Crippen molar-refractivity contribution in [3.05, 3.63) is 23.0 Å². The Bertz CT molecular complexity index is 498. The zero-order valence-electron chi connectivity index (χ0n) is 12.3. The fourth-order valence-corrected chi connectivity index (χ4v) is 1.89. The molecule has 0 saturated heterocycles. The molecule has 1 aromatic rings. The van der Waals surface area contributed by atoms with E-state index in [-0.39, 0.29) is 11.9 Å². The Kier molecular flexibility index (Phi) is 5.13. The van der Waals surface area contributed by atoms with Crippen LogP contribution in [0.4, 0.5) is 0 Å². The Labute approximate surface area is 114 Å². The summed E-state index contributed by atoms with van der Waals surface area (Å²) in [6.07, 6.45) is 0. The van der Waals surface area contributed by atoms with Crippen LogP contribution in [0.25, 0.3) is 0 Å². The van der Waals surface area contributed by atoms with Gasteiger partial charge in [0.05, 0.1) is 6.04 Å². The van der Waals surface area contributed by atoms with Crippen molar-refractivity contribution in [1.29, 1.82) is 5.26 Å². The van der Waals surface area contributed by atoms with Crippen molar-refractivity contribution in [1.82, 2.24) is 14.8 Å². The van der Waals surface area contributed by atoms with Gasteiger partial charge in [-0.25, -0.2) is 0 Å². The Morgan fingerprint density at radius 3 is 2.74 bits per heavy atom. The van der Waals surface area contributed by atoms with Crippen LogP contribution in [0.1, 0.15) is 30.8 Å². The van der Waals surface area contributed by atoms with Crippen LogP contribution in [0.5, 0.6) is 0 Å². The van der Waals surface area contributed by atoms with E-state index in [4.69, 9.17) is 5.26 Å². The van der Waals surface area contributed by atoms with E-state index in [9.17, 15) is 4.79 Å². The van der Waals surface area contributed by atoms with Gasteiger partial charge in [-0.1, -0.05) is 0 Å². The second-order valence-corrected chi connectivity index (χ2v) is 4.77. The van der Waals surface area contributed by atoms with Crippen molar-refractivity contribution in [2.24, 2.45) is 7.05 Å². The van der Waals surface area contributed by atoms with Gasteiger partial charge in [-0.2, -0.15) is 5.26 Å². The zero-order valence-corrected chi connectivity index (χ0v) is 12.3. The molecule has 0 aliphatic rings. The quantitative estimate of drug-likeness (QED) is 0.866. The molecular weight excluding hydrogens is 240 g/mol. The molecule has 0 fully saturated rings. The van der Waals surface area contributed by atoms with Crippen LogP contribution in [-0.2, 0) is 18.4 Å². The molecule has 1 unspecified atom stereocenters. The van der Waals surface area contributed by atoms with Crippen LogP contribution in [0.3, 0.4) is 0 Å². The summed E-state index contributed by atoms with van der Waals surface area (Å²) in [5.41, 5.74) is 2.74. The summed E-state index contributed by atoms with van der Waals surface area (Å²) in [6, 6.07) is 3.79. The van der Waals surface area contributed by atoms with Crippen LogP contribution in [0.2, 0.25) is 0 Å². The molecule has 1 rings (SSSR count). The third-order valence-electron chi connectivity index (χ3n) is 3.57. The lowest BCUT2D eigenvalue weighted by molar-refractivity contribution is -0.131. The largest absolute Gasteiger partial charge is 0.345 e. The molecule has 5 nitrogen and oxygen atoms in total. The molecule has 1 aromatic heterocycles. The van der Waals surface area contributed by atoms with Crippen LogP contribution in [0.15, 0.2) is 6.07 Å². The molecule has 0 bridgehead atoms. The van der Waals surface area contributed by atoms with E-state index in [2.05, 4.69) is 11.4 Å². The fraction of sp³-hybridized carbons (Fsp3) is 0.571. The molecule has 19 heavy (non-hydrogen) atoms. The highest BCUT2D eigenvalue weighted by molar-refractivity contribution is 5.81. The van der Waals surface area contributed by atoms with Crippen LogP contribution in [-0.4, -0.2) is 35.0 Å². The highest BCUT2D eigenvalue weighted by Crippen LogP contribution is 2.13. The molecule has 1 heterocycles. The van der Waals surface area contributed by atoms with Gasteiger partial charge in [-0.15, -0.1) is 0 Å². The van der Waals surface area contributed by atoms with Gasteiger partial charge in [0, 0.05) is 32.9 Å². The van der Waals surface area contributed by atoms with Gasteiger partial charge in [0.25, 0.3) is 0 Å². The summed E-state index contributed by atoms with van der Waals surface area (Å²) in [7, 11) is 3.67.